The monoisotopic (exact) mass is 275 g/mol. The van der Waals surface area contributed by atoms with Crippen LogP contribution in [0.3, 0.4) is 0 Å². The van der Waals surface area contributed by atoms with Crippen molar-refractivity contribution >= 4 is 12.0 Å². The molecule has 0 spiro atoms. The number of imide groups is 1. The molecule has 0 aliphatic carbocycles. The fourth-order valence-electron chi connectivity index (χ4n) is 1.96. The van der Waals surface area contributed by atoms with Crippen LogP contribution in [0, 0.1) is 11.8 Å². The molecule has 110 valence electrons. The lowest BCUT2D eigenvalue weighted by atomic mass is 10.0. The Morgan fingerprint density at radius 1 is 1.42 bits per heavy atom. The maximum absolute atomic E-state index is 12.0. The lowest BCUT2D eigenvalue weighted by molar-refractivity contribution is -0.139. The van der Waals surface area contributed by atoms with Gasteiger partial charge >= 0.3 is 6.09 Å². The van der Waals surface area contributed by atoms with Crippen molar-refractivity contribution in [3.05, 3.63) is 0 Å². The zero-order valence-corrected chi connectivity index (χ0v) is 11.2. The molecule has 2 amide bonds. The first-order valence-electron chi connectivity index (χ1n) is 6.32. The van der Waals surface area contributed by atoms with Crippen LogP contribution in [-0.2, 0) is 9.53 Å². The summed E-state index contributed by atoms with van der Waals surface area (Å²) in [5.74, 6) is -1.31. The largest absolute Gasteiger partial charge is 0.447 e. The molecule has 1 aliphatic heterocycles. The number of aliphatic hydroxyl groups is 3. The molecule has 1 aliphatic rings. The number of amides is 2. The van der Waals surface area contributed by atoms with E-state index in [1.165, 1.54) is 0 Å². The Hall–Kier alpha value is -1.18. The topological polar surface area (TPSA) is 107 Å². The molecule has 0 aromatic rings. The maximum atomic E-state index is 12.0. The Morgan fingerprint density at radius 3 is 2.47 bits per heavy atom. The Morgan fingerprint density at radius 2 is 2.00 bits per heavy atom. The maximum Gasteiger partial charge on any atom is 0.417 e. The van der Waals surface area contributed by atoms with Gasteiger partial charge in [0, 0.05) is 19.1 Å². The van der Waals surface area contributed by atoms with E-state index in [0.717, 1.165) is 4.90 Å². The molecule has 7 nitrogen and oxygen atoms in total. The van der Waals surface area contributed by atoms with Crippen LogP contribution >= 0.6 is 0 Å². The summed E-state index contributed by atoms with van der Waals surface area (Å²) in [5.41, 5.74) is 0. The Bertz CT molecular complexity index is 328. The molecule has 3 N–H and O–H groups in total. The third kappa shape index (κ3) is 3.65. The number of hydrogen-bond donors (Lipinski definition) is 3. The molecule has 19 heavy (non-hydrogen) atoms. The number of nitrogens with zero attached hydrogens (tertiary/aromatic N) is 1. The van der Waals surface area contributed by atoms with Gasteiger partial charge in [-0.15, -0.1) is 0 Å². The van der Waals surface area contributed by atoms with Gasteiger partial charge in [0.25, 0.3) is 5.91 Å². The molecule has 0 radical (unpaired) electrons. The normalized spacial score (nSPS) is 21.1. The van der Waals surface area contributed by atoms with Crippen LogP contribution in [0.1, 0.15) is 20.3 Å². The predicted octanol–water partition coefficient (Wildman–Crippen LogP) is -0.658. The molecular formula is C12H21NO6. The standard InChI is InChI=1S/C12H21NO6/c1-7(2)9-6-19-12(18)13(9)11(17)10(16)3-8(4-14)5-15/h7-10,14-16H,3-6H2,1-2H3. The second kappa shape index (κ2) is 6.83. The highest BCUT2D eigenvalue weighted by Gasteiger charge is 2.42. The summed E-state index contributed by atoms with van der Waals surface area (Å²) in [4.78, 5) is 24.5. The number of aliphatic hydroxyl groups excluding tert-OH is 3. The summed E-state index contributed by atoms with van der Waals surface area (Å²) in [6.07, 6.45) is -2.29. The zero-order valence-electron chi connectivity index (χ0n) is 11.2. The summed E-state index contributed by atoms with van der Waals surface area (Å²) < 4.78 is 4.82. The predicted molar refractivity (Wildman–Crippen MR) is 65.1 cm³/mol. The molecule has 1 rings (SSSR count). The minimum Gasteiger partial charge on any atom is -0.447 e. The van der Waals surface area contributed by atoms with E-state index < -0.39 is 30.1 Å². The van der Waals surface area contributed by atoms with Crippen molar-refractivity contribution in [1.29, 1.82) is 0 Å². The lowest BCUT2D eigenvalue weighted by Gasteiger charge is -2.25. The van der Waals surface area contributed by atoms with Crippen molar-refractivity contribution in [3.8, 4) is 0 Å². The van der Waals surface area contributed by atoms with Gasteiger partial charge in [0.1, 0.15) is 12.7 Å². The fraction of sp³-hybridized carbons (Fsp3) is 0.833. The van der Waals surface area contributed by atoms with E-state index in [0.29, 0.717) is 0 Å². The Balaban J connectivity index is 2.71. The van der Waals surface area contributed by atoms with E-state index >= 15 is 0 Å². The third-order valence-electron chi connectivity index (χ3n) is 3.27. The molecule has 1 heterocycles. The van der Waals surface area contributed by atoms with E-state index in [1.54, 1.807) is 0 Å². The SMILES string of the molecule is CC(C)C1COC(=O)N1C(=O)C(O)CC(CO)CO. The lowest BCUT2D eigenvalue weighted by Crippen LogP contribution is -2.47. The molecule has 2 unspecified atom stereocenters. The van der Waals surface area contributed by atoms with Crippen molar-refractivity contribution in [2.24, 2.45) is 11.8 Å². The molecule has 0 aromatic heterocycles. The van der Waals surface area contributed by atoms with Crippen LogP contribution < -0.4 is 0 Å². The van der Waals surface area contributed by atoms with Crippen molar-refractivity contribution in [1.82, 2.24) is 4.90 Å². The Kier molecular flexibility index (Phi) is 5.71. The van der Waals surface area contributed by atoms with Crippen LogP contribution in [0.5, 0.6) is 0 Å². The number of carbonyl (C=O) groups excluding carboxylic acids is 2. The van der Waals surface area contributed by atoms with Gasteiger partial charge in [-0.3, -0.25) is 4.79 Å². The summed E-state index contributed by atoms with van der Waals surface area (Å²) in [6.45, 7) is 3.16. The van der Waals surface area contributed by atoms with E-state index in [2.05, 4.69) is 0 Å². The molecule has 0 bridgehead atoms. The average molecular weight is 275 g/mol. The van der Waals surface area contributed by atoms with Gasteiger partial charge in [-0.05, 0) is 12.3 Å². The molecule has 1 fully saturated rings. The Labute approximate surface area is 111 Å². The van der Waals surface area contributed by atoms with Gasteiger partial charge in [0.15, 0.2) is 0 Å². The first kappa shape index (κ1) is 15.9. The highest BCUT2D eigenvalue weighted by atomic mass is 16.6. The average Bonchev–Trinajstić information content (AvgIpc) is 2.76. The number of hydrogen-bond acceptors (Lipinski definition) is 6. The van der Waals surface area contributed by atoms with Crippen molar-refractivity contribution in [3.63, 3.8) is 0 Å². The van der Waals surface area contributed by atoms with Crippen molar-refractivity contribution in [2.75, 3.05) is 19.8 Å². The van der Waals surface area contributed by atoms with Crippen LogP contribution in [0.2, 0.25) is 0 Å². The van der Waals surface area contributed by atoms with Gasteiger partial charge in [-0.1, -0.05) is 13.8 Å². The zero-order chi connectivity index (χ0) is 14.6. The highest BCUT2D eigenvalue weighted by molar-refractivity contribution is 5.95. The van der Waals surface area contributed by atoms with Crippen LogP contribution in [0.15, 0.2) is 0 Å². The van der Waals surface area contributed by atoms with Crippen LogP contribution in [0.25, 0.3) is 0 Å². The number of cyclic esters (lactones) is 1. The van der Waals surface area contributed by atoms with Crippen molar-refractivity contribution in [2.45, 2.75) is 32.4 Å². The third-order valence-corrected chi connectivity index (χ3v) is 3.27. The molecule has 0 aromatic carbocycles. The highest BCUT2D eigenvalue weighted by Crippen LogP contribution is 2.21. The van der Waals surface area contributed by atoms with E-state index in [4.69, 9.17) is 14.9 Å². The molecule has 2 atom stereocenters. The second-order valence-corrected chi connectivity index (χ2v) is 5.08. The van der Waals surface area contributed by atoms with Crippen LogP contribution in [-0.4, -0.2) is 64.2 Å². The minimum atomic E-state index is -1.43. The summed E-state index contributed by atoms with van der Waals surface area (Å²) in [6, 6.07) is -0.392. The number of ether oxygens (including phenoxy) is 1. The van der Waals surface area contributed by atoms with E-state index in [1.807, 2.05) is 13.8 Å². The van der Waals surface area contributed by atoms with Gasteiger partial charge in [-0.2, -0.15) is 0 Å². The van der Waals surface area contributed by atoms with Crippen molar-refractivity contribution < 1.29 is 29.6 Å². The smallest absolute Gasteiger partial charge is 0.417 e. The van der Waals surface area contributed by atoms with Gasteiger partial charge in [0.05, 0.1) is 6.04 Å². The summed E-state index contributed by atoms with van der Waals surface area (Å²) in [7, 11) is 0. The summed E-state index contributed by atoms with van der Waals surface area (Å²) in [5, 5.41) is 27.7. The van der Waals surface area contributed by atoms with Crippen LogP contribution in [0.4, 0.5) is 4.79 Å². The number of carbonyl (C=O) groups is 2. The first-order valence-corrected chi connectivity index (χ1v) is 6.32. The molecule has 1 saturated heterocycles. The molecule has 7 heteroatoms. The summed E-state index contributed by atoms with van der Waals surface area (Å²) >= 11 is 0. The van der Waals surface area contributed by atoms with E-state index in [9.17, 15) is 14.7 Å². The van der Waals surface area contributed by atoms with Gasteiger partial charge in [0.2, 0.25) is 0 Å². The fourth-order valence-corrected chi connectivity index (χ4v) is 1.96. The first-order chi connectivity index (χ1) is 8.92. The molecule has 0 saturated carbocycles. The molecular weight excluding hydrogens is 254 g/mol. The van der Waals surface area contributed by atoms with Gasteiger partial charge < -0.3 is 20.1 Å². The minimum absolute atomic E-state index is 0.0223. The number of rotatable bonds is 6. The quantitative estimate of drug-likeness (QED) is 0.594. The van der Waals surface area contributed by atoms with Gasteiger partial charge in [-0.25, -0.2) is 9.69 Å². The second-order valence-electron chi connectivity index (χ2n) is 5.08. The van der Waals surface area contributed by atoms with E-state index in [-0.39, 0.29) is 32.2 Å².